The van der Waals surface area contributed by atoms with Crippen molar-refractivity contribution in [3.63, 3.8) is 0 Å². The minimum absolute atomic E-state index is 0.227. The van der Waals surface area contributed by atoms with Crippen molar-refractivity contribution in [3.8, 4) is 0 Å². The zero-order valence-electron chi connectivity index (χ0n) is 11.9. The topological polar surface area (TPSA) is 54.3 Å². The maximum Gasteiger partial charge on any atom is 0.268 e. The SMILES string of the molecule is CCC(O)CNC(=O)c1cccn1Cc1ccc(F)cc1. The van der Waals surface area contributed by atoms with Gasteiger partial charge in [-0.1, -0.05) is 19.1 Å². The van der Waals surface area contributed by atoms with Gasteiger partial charge < -0.3 is 15.0 Å². The van der Waals surface area contributed by atoms with Gasteiger partial charge in [0.2, 0.25) is 0 Å². The minimum Gasteiger partial charge on any atom is -0.391 e. The highest BCUT2D eigenvalue weighted by Crippen LogP contribution is 2.09. The third-order valence-electron chi connectivity index (χ3n) is 3.30. The second-order valence-electron chi connectivity index (χ2n) is 4.92. The van der Waals surface area contributed by atoms with Crippen LogP contribution in [0.2, 0.25) is 0 Å². The molecule has 0 saturated heterocycles. The van der Waals surface area contributed by atoms with Crippen LogP contribution in [0.4, 0.5) is 4.39 Å². The number of carbonyl (C=O) groups excluding carboxylic acids is 1. The van der Waals surface area contributed by atoms with E-state index in [1.165, 1.54) is 12.1 Å². The molecular weight excluding hydrogens is 271 g/mol. The van der Waals surface area contributed by atoms with Crippen LogP contribution in [0.15, 0.2) is 42.6 Å². The summed E-state index contributed by atoms with van der Waals surface area (Å²) < 4.78 is 14.7. The van der Waals surface area contributed by atoms with Gasteiger partial charge in [0.15, 0.2) is 0 Å². The number of aromatic nitrogens is 1. The third kappa shape index (κ3) is 4.16. The summed E-state index contributed by atoms with van der Waals surface area (Å²) in [7, 11) is 0. The van der Waals surface area contributed by atoms with E-state index >= 15 is 0 Å². The Labute approximate surface area is 123 Å². The molecule has 1 aromatic carbocycles. The summed E-state index contributed by atoms with van der Waals surface area (Å²) in [6.07, 6.45) is 1.86. The Kier molecular flexibility index (Phi) is 5.11. The van der Waals surface area contributed by atoms with Crippen LogP contribution in [0.25, 0.3) is 0 Å². The molecule has 0 fully saturated rings. The number of halogens is 1. The lowest BCUT2D eigenvalue weighted by Crippen LogP contribution is -2.33. The molecule has 4 nitrogen and oxygen atoms in total. The molecule has 0 radical (unpaired) electrons. The van der Waals surface area contributed by atoms with Crippen LogP contribution in [0.1, 0.15) is 29.4 Å². The number of aliphatic hydroxyl groups excluding tert-OH is 1. The molecule has 2 N–H and O–H groups in total. The lowest BCUT2D eigenvalue weighted by molar-refractivity contribution is 0.0905. The van der Waals surface area contributed by atoms with Gasteiger partial charge in [-0.3, -0.25) is 4.79 Å². The fourth-order valence-corrected chi connectivity index (χ4v) is 1.99. The zero-order valence-corrected chi connectivity index (χ0v) is 11.9. The standard InChI is InChI=1S/C16H19FN2O2/c1-2-14(20)10-18-16(21)15-4-3-9-19(15)11-12-5-7-13(17)8-6-12/h3-9,14,20H,2,10-11H2,1H3,(H,18,21). The van der Waals surface area contributed by atoms with Crippen molar-refractivity contribution in [1.29, 1.82) is 0 Å². The summed E-state index contributed by atoms with van der Waals surface area (Å²) in [5, 5.41) is 12.2. The highest BCUT2D eigenvalue weighted by molar-refractivity contribution is 5.92. The fourth-order valence-electron chi connectivity index (χ4n) is 1.99. The molecule has 1 atom stereocenters. The maximum absolute atomic E-state index is 12.9. The molecule has 1 aromatic heterocycles. The molecule has 1 amide bonds. The first-order valence-electron chi connectivity index (χ1n) is 6.96. The van der Waals surface area contributed by atoms with Crippen LogP contribution in [0.3, 0.4) is 0 Å². The first-order chi connectivity index (χ1) is 10.1. The first-order valence-corrected chi connectivity index (χ1v) is 6.96. The van der Waals surface area contributed by atoms with Crippen molar-refractivity contribution < 1.29 is 14.3 Å². The highest BCUT2D eigenvalue weighted by atomic mass is 19.1. The van der Waals surface area contributed by atoms with E-state index in [2.05, 4.69) is 5.32 Å². The third-order valence-corrected chi connectivity index (χ3v) is 3.30. The average molecular weight is 290 g/mol. The number of hydrogen-bond acceptors (Lipinski definition) is 2. The molecular formula is C16H19FN2O2. The molecule has 1 heterocycles. The van der Waals surface area contributed by atoms with Gasteiger partial charge in [-0.15, -0.1) is 0 Å². The summed E-state index contributed by atoms with van der Waals surface area (Å²) in [5.74, 6) is -0.507. The van der Waals surface area contributed by atoms with Gasteiger partial charge in [-0.25, -0.2) is 4.39 Å². The van der Waals surface area contributed by atoms with Gasteiger partial charge in [0.25, 0.3) is 5.91 Å². The number of carbonyl (C=O) groups is 1. The molecule has 2 rings (SSSR count). The van der Waals surface area contributed by atoms with Crippen LogP contribution < -0.4 is 5.32 Å². The second kappa shape index (κ2) is 7.04. The number of nitrogens with zero attached hydrogens (tertiary/aromatic N) is 1. The molecule has 0 aliphatic rings. The molecule has 1 unspecified atom stereocenters. The van der Waals surface area contributed by atoms with Crippen molar-refractivity contribution in [2.24, 2.45) is 0 Å². The number of nitrogens with one attached hydrogen (secondary N) is 1. The molecule has 0 spiro atoms. The van der Waals surface area contributed by atoms with Gasteiger partial charge in [0.05, 0.1) is 6.10 Å². The Balaban J connectivity index is 2.04. The second-order valence-corrected chi connectivity index (χ2v) is 4.92. The Morgan fingerprint density at radius 2 is 2.05 bits per heavy atom. The molecule has 2 aromatic rings. The predicted molar refractivity (Wildman–Crippen MR) is 78.6 cm³/mol. The van der Waals surface area contributed by atoms with E-state index < -0.39 is 6.10 Å². The van der Waals surface area contributed by atoms with E-state index in [0.717, 1.165) is 5.56 Å². The summed E-state index contributed by atoms with van der Waals surface area (Å²) >= 11 is 0. The quantitative estimate of drug-likeness (QED) is 0.856. The largest absolute Gasteiger partial charge is 0.391 e. The number of hydrogen-bond donors (Lipinski definition) is 2. The zero-order chi connectivity index (χ0) is 15.2. The average Bonchev–Trinajstić information content (AvgIpc) is 2.95. The van der Waals surface area contributed by atoms with Crippen LogP contribution in [-0.2, 0) is 6.54 Å². The van der Waals surface area contributed by atoms with Gasteiger partial charge >= 0.3 is 0 Å². The molecule has 21 heavy (non-hydrogen) atoms. The van der Waals surface area contributed by atoms with E-state index in [9.17, 15) is 14.3 Å². The smallest absolute Gasteiger partial charge is 0.268 e. The van der Waals surface area contributed by atoms with E-state index in [1.54, 1.807) is 35.0 Å². The summed E-state index contributed by atoms with van der Waals surface area (Å²) in [4.78, 5) is 12.1. The van der Waals surface area contributed by atoms with Gasteiger partial charge in [-0.2, -0.15) is 0 Å². The van der Waals surface area contributed by atoms with Crippen molar-refractivity contribution >= 4 is 5.91 Å². The number of benzene rings is 1. The maximum atomic E-state index is 12.9. The van der Waals surface area contributed by atoms with E-state index in [4.69, 9.17) is 0 Å². The van der Waals surface area contributed by atoms with E-state index in [-0.39, 0.29) is 18.3 Å². The number of amides is 1. The summed E-state index contributed by atoms with van der Waals surface area (Å²) in [6.45, 7) is 2.58. The Morgan fingerprint density at radius 3 is 2.71 bits per heavy atom. The van der Waals surface area contributed by atoms with Crippen molar-refractivity contribution in [2.75, 3.05) is 6.54 Å². The van der Waals surface area contributed by atoms with Crippen LogP contribution >= 0.6 is 0 Å². The highest BCUT2D eigenvalue weighted by Gasteiger charge is 2.12. The normalized spacial score (nSPS) is 12.1. The van der Waals surface area contributed by atoms with E-state index in [0.29, 0.717) is 18.7 Å². The van der Waals surface area contributed by atoms with Gasteiger partial charge in [-0.05, 0) is 36.2 Å². The van der Waals surface area contributed by atoms with Crippen molar-refractivity contribution in [2.45, 2.75) is 26.0 Å². The first kappa shape index (κ1) is 15.3. The Bertz CT molecular complexity index is 593. The van der Waals surface area contributed by atoms with Crippen LogP contribution in [0, 0.1) is 5.82 Å². The van der Waals surface area contributed by atoms with Crippen molar-refractivity contribution in [3.05, 3.63) is 59.7 Å². The lowest BCUT2D eigenvalue weighted by Gasteiger charge is -2.12. The fraction of sp³-hybridized carbons (Fsp3) is 0.312. The van der Waals surface area contributed by atoms with Crippen LogP contribution in [-0.4, -0.2) is 28.2 Å². The molecule has 0 bridgehead atoms. The lowest BCUT2D eigenvalue weighted by atomic mass is 10.2. The molecule has 5 heteroatoms. The monoisotopic (exact) mass is 290 g/mol. The van der Waals surface area contributed by atoms with Gasteiger partial charge in [0.1, 0.15) is 11.5 Å². The predicted octanol–water partition coefficient (Wildman–Crippen LogP) is 2.18. The molecule has 0 aliphatic carbocycles. The number of aliphatic hydroxyl groups is 1. The number of rotatable bonds is 6. The van der Waals surface area contributed by atoms with E-state index in [1.807, 2.05) is 6.92 Å². The van der Waals surface area contributed by atoms with Crippen LogP contribution in [0.5, 0.6) is 0 Å². The van der Waals surface area contributed by atoms with Gasteiger partial charge in [0, 0.05) is 19.3 Å². The van der Waals surface area contributed by atoms with Crippen molar-refractivity contribution in [1.82, 2.24) is 9.88 Å². The summed E-state index contributed by atoms with van der Waals surface area (Å²) in [5.41, 5.74) is 1.43. The minimum atomic E-state index is -0.533. The molecule has 0 saturated carbocycles. The summed E-state index contributed by atoms with van der Waals surface area (Å²) in [6, 6.07) is 9.69. The molecule has 112 valence electrons. The Morgan fingerprint density at radius 1 is 1.33 bits per heavy atom. The Hall–Kier alpha value is -2.14. The molecule has 0 aliphatic heterocycles.